The average Bonchev–Trinajstić information content (AvgIpc) is 2.86. The fourth-order valence-corrected chi connectivity index (χ4v) is 3.54. The molecule has 0 aromatic heterocycles. The number of carbonyl (C=O) groups is 1. The van der Waals surface area contributed by atoms with Gasteiger partial charge in [0.15, 0.2) is 11.6 Å². The number of urea groups is 1. The summed E-state index contributed by atoms with van der Waals surface area (Å²) in [4.78, 5) is 16.2. The molecule has 132 valence electrons. The summed E-state index contributed by atoms with van der Waals surface area (Å²) in [6.07, 6.45) is 7.05. The Morgan fingerprint density at radius 1 is 0.958 bits per heavy atom. The normalized spacial score (nSPS) is 19.9. The van der Waals surface area contributed by atoms with Crippen molar-refractivity contribution in [3.05, 3.63) is 29.8 Å². The van der Waals surface area contributed by atoms with Gasteiger partial charge in [-0.1, -0.05) is 25.7 Å². The molecule has 0 radical (unpaired) electrons. The van der Waals surface area contributed by atoms with Gasteiger partial charge >= 0.3 is 6.03 Å². The van der Waals surface area contributed by atoms with E-state index in [-0.39, 0.29) is 6.03 Å². The van der Waals surface area contributed by atoms with E-state index in [2.05, 4.69) is 5.32 Å². The third kappa shape index (κ3) is 4.16. The smallest absolute Gasteiger partial charge is 0.317 e. The van der Waals surface area contributed by atoms with Crippen LogP contribution in [0.1, 0.15) is 38.5 Å². The Morgan fingerprint density at radius 3 is 2.25 bits per heavy atom. The highest BCUT2D eigenvalue weighted by Gasteiger charge is 2.24. The van der Waals surface area contributed by atoms with Crippen LogP contribution in [-0.2, 0) is 0 Å². The summed E-state index contributed by atoms with van der Waals surface area (Å²) in [5.74, 6) is -1.67. The number of nitrogens with one attached hydrogen (secondary N) is 1. The van der Waals surface area contributed by atoms with E-state index in [1.807, 2.05) is 9.80 Å². The number of piperazine rings is 1. The van der Waals surface area contributed by atoms with Crippen LogP contribution in [0.4, 0.5) is 19.3 Å². The maximum Gasteiger partial charge on any atom is 0.317 e. The Balaban J connectivity index is 1.50. The fourth-order valence-electron chi connectivity index (χ4n) is 3.54. The number of halogens is 2. The van der Waals surface area contributed by atoms with E-state index < -0.39 is 11.6 Å². The van der Waals surface area contributed by atoms with Gasteiger partial charge in [0.1, 0.15) is 0 Å². The highest BCUT2D eigenvalue weighted by atomic mass is 19.2. The summed E-state index contributed by atoms with van der Waals surface area (Å²) >= 11 is 0. The molecule has 0 spiro atoms. The molecule has 0 unspecified atom stereocenters. The number of rotatable bonds is 2. The molecule has 1 saturated heterocycles. The van der Waals surface area contributed by atoms with E-state index in [0.717, 1.165) is 18.9 Å². The SMILES string of the molecule is O=C(NC1CCCCCC1)N1CCN(c2ccc(F)c(F)c2)CC1. The predicted molar refractivity (Wildman–Crippen MR) is 90.2 cm³/mol. The van der Waals surface area contributed by atoms with E-state index in [1.165, 1.54) is 31.7 Å². The molecule has 1 N–H and O–H groups in total. The molecule has 1 aliphatic heterocycles. The molecule has 2 fully saturated rings. The Kier molecular flexibility index (Phi) is 5.53. The van der Waals surface area contributed by atoms with Gasteiger partial charge < -0.3 is 15.1 Å². The first-order valence-corrected chi connectivity index (χ1v) is 8.89. The predicted octanol–water partition coefficient (Wildman–Crippen LogP) is 3.52. The fraction of sp³-hybridized carbons (Fsp3) is 0.611. The molecule has 24 heavy (non-hydrogen) atoms. The molecule has 2 aliphatic rings. The lowest BCUT2D eigenvalue weighted by molar-refractivity contribution is 0.189. The Labute approximate surface area is 141 Å². The van der Waals surface area contributed by atoms with E-state index >= 15 is 0 Å². The van der Waals surface area contributed by atoms with Crippen molar-refractivity contribution in [2.24, 2.45) is 0 Å². The van der Waals surface area contributed by atoms with Crippen molar-refractivity contribution in [2.45, 2.75) is 44.6 Å². The van der Waals surface area contributed by atoms with E-state index in [4.69, 9.17) is 0 Å². The minimum absolute atomic E-state index is 0.00633. The molecule has 1 heterocycles. The molecule has 1 aromatic rings. The molecule has 1 saturated carbocycles. The van der Waals surface area contributed by atoms with Crippen molar-refractivity contribution >= 4 is 11.7 Å². The summed E-state index contributed by atoms with van der Waals surface area (Å²) in [5, 5.41) is 3.16. The van der Waals surface area contributed by atoms with Crippen LogP contribution in [0.5, 0.6) is 0 Å². The van der Waals surface area contributed by atoms with Crippen molar-refractivity contribution in [3.8, 4) is 0 Å². The third-order valence-corrected chi connectivity index (χ3v) is 5.02. The van der Waals surface area contributed by atoms with Crippen LogP contribution in [-0.4, -0.2) is 43.2 Å². The summed E-state index contributed by atoms with van der Waals surface area (Å²) in [6.45, 7) is 2.45. The Morgan fingerprint density at radius 2 is 1.62 bits per heavy atom. The molecule has 4 nitrogen and oxygen atoms in total. The molecule has 3 rings (SSSR count). The lowest BCUT2D eigenvalue weighted by Gasteiger charge is -2.36. The second kappa shape index (κ2) is 7.81. The monoisotopic (exact) mass is 337 g/mol. The highest BCUT2D eigenvalue weighted by Crippen LogP contribution is 2.20. The molecule has 6 heteroatoms. The molecule has 0 atom stereocenters. The number of carbonyl (C=O) groups excluding carboxylic acids is 1. The van der Waals surface area contributed by atoms with Crippen LogP contribution in [0.2, 0.25) is 0 Å². The zero-order valence-corrected chi connectivity index (χ0v) is 13.9. The number of benzene rings is 1. The van der Waals surface area contributed by atoms with Crippen LogP contribution in [0, 0.1) is 11.6 Å². The zero-order chi connectivity index (χ0) is 16.9. The lowest BCUT2D eigenvalue weighted by Crippen LogP contribution is -2.53. The standard InChI is InChI=1S/C18H25F2N3O/c19-16-8-7-15(13-17(16)20)22-9-11-23(12-10-22)18(24)21-14-5-3-1-2-4-6-14/h7-8,13-14H,1-6,9-12H2,(H,21,24). The Bertz CT molecular complexity index is 565. The van der Waals surface area contributed by atoms with Crippen LogP contribution in [0.25, 0.3) is 0 Å². The van der Waals surface area contributed by atoms with Gasteiger partial charge in [0.2, 0.25) is 0 Å². The van der Waals surface area contributed by atoms with Crippen LogP contribution in [0.15, 0.2) is 18.2 Å². The molecular formula is C18H25F2N3O. The van der Waals surface area contributed by atoms with Crippen molar-refractivity contribution in [1.82, 2.24) is 10.2 Å². The maximum atomic E-state index is 13.4. The van der Waals surface area contributed by atoms with Crippen molar-refractivity contribution in [3.63, 3.8) is 0 Å². The zero-order valence-electron chi connectivity index (χ0n) is 13.9. The summed E-state index contributed by atoms with van der Waals surface area (Å²) in [6, 6.07) is 4.25. The van der Waals surface area contributed by atoms with Crippen LogP contribution >= 0.6 is 0 Å². The van der Waals surface area contributed by atoms with Gasteiger partial charge in [-0.3, -0.25) is 0 Å². The van der Waals surface area contributed by atoms with Gasteiger partial charge in [0, 0.05) is 44.0 Å². The van der Waals surface area contributed by atoms with Gasteiger partial charge in [0.25, 0.3) is 0 Å². The average molecular weight is 337 g/mol. The lowest BCUT2D eigenvalue weighted by atomic mass is 10.1. The Hall–Kier alpha value is -1.85. The minimum atomic E-state index is -0.833. The largest absolute Gasteiger partial charge is 0.368 e. The van der Waals surface area contributed by atoms with E-state index in [9.17, 15) is 13.6 Å². The van der Waals surface area contributed by atoms with Gasteiger partial charge in [0.05, 0.1) is 0 Å². The maximum absolute atomic E-state index is 13.4. The molecular weight excluding hydrogens is 312 g/mol. The van der Waals surface area contributed by atoms with Crippen LogP contribution in [0.3, 0.4) is 0 Å². The van der Waals surface area contributed by atoms with Gasteiger partial charge in [-0.25, -0.2) is 13.6 Å². The van der Waals surface area contributed by atoms with Crippen molar-refractivity contribution in [1.29, 1.82) is 0 Å². The van der Waals surface area contributed by atoms with Crippen molar-refractivity contribution in [2.75, 3.05) is 31.1 Å². The molecule has 2 amide bonds. The molecule has 1 aromatic carbocycles. The van der Waals surface area contributed by atoms with Gasteiger partial charge in [-0.05, 0) is 25.0 Å². The number of amides is 2. The van der Waals surface area contributed by atoms with Gasteiger partial charge in [-0.15, -0.1) is 0 Å². The second-order valence-electron chi connectivity index (χ2n) is 6.71. The highest BCUT2D eigenvalue weighted by molar-refractivity contribution is 5.75. The topological polar surface area (TPSA) is 35.6 Å². The first kappa shape index (κ1) is 17.0. The third-order valence-electron chi connectivity index (χ3n) is 5.02. The van der Waals surface area contributed by atoms with Crippen molar-refractivity contribution < 1.29 is 13.6 Å². The van der Waals surface area contributed by atoms with E-state index in [1.54, 1.807) is 6.07 Å². The number of anilines is 1. The number of hydrogen-bond donors (Lipinski definition) is 1. The molecule has 0 bridgehead atoms. The minimum Gasteiger partial charge on any atom is -0.368 e. The summed E-state index contributed by atoms with van der Waals surface area (Å²) in [7, 11) is 0. The van der Waals surface area contributed by atoms with E-state index in [0.29, 0.717) is 37.9 Å². The first-order valence-electron chi connectivity index (χ1n) is 8.89. The van der Waals surface area contributed by atoms with Crippen LogP contribution < -0.4 is 10.2 Å². The number of hydrogen-bond acceptors (Lipinski definition) is 2. The van der Waals surface area contributed by atoms with Gasteiger partial charge in [-0.2, -0.15) is 0 Å². The molecule has 1 aliphatic carbocycles. The number of nitrogens with zero attached hydrogens (tertiary/aromatic N) is 2. The summed E-state index contributed by atoms with van der Waals surface area (Å²) in [5.41, 5.74) is 0.665. The quantitative estimate of drug-likeness (QED) is 0.838. The first-order chi connectivity index (χ1) is 11.6. The second-order valence-corrected chi connectivity index (χ2v) is 6.71. The summed E-state index contributed by atoms with van der Waals surface area (Å²) < 4.78 is 26.4.